The molecule has 0 aliphatic carbocycles. The van der Waals surface area contributed by atoms with Gasteiger partial charge in [-0.3, -0.25) is 9.59 Å². The molecule has 0 saturated carbocycles. The third-order valence-electron chi connectivity index (χ3n) is 11.0. The maximum absolute atomic E-state index is 12.8. The molecule has 0 aromatic rings. The van der Waals surface area contributed by atoms with E-state index in [2.05, 4.69) is 123 Å². The molecule has 0 aliphatic heterocycles. The lowest BCUT2D eigenvalue weighted by atomic mass is 10.1. The molecule has 392 valence electrons. The number of carbonyl (C=O) groups excluding carboxylic acids is 3. The molecule has 0 fully saturated rings. The summed E-state index contributed by atoms with van der Waals surface area (Å²) in [6.45, 7) is 4.56. The number of unbranched alkanes of at least 4 members (excludes halogenated alkanes) is 15. The van der Waals surface area contributed by atoms with Gasteiger partial charge in [0.1, 0.15) is 13.2 Å². The standard InChI is InChI=1S/C60H99NO8/c1-6-8-10-12-14-16-18-20-22-23-24-25-26-27-28-29-30-31-32-33-34-35-37-39-41-43-45-47-49-51-58(63)69-56(55-68-60(59(64)65)66-53-52-61(3,4)5)54-67-57(62)50-48-46-44-42-40-38-36-21-19-17-15-13-11-9-7-2/h8,10,14,16,20-22,24-25,27-28,30-31,33-34,36-37,39,56,60H,6-7,9,11-13,15,17-19,23,26,29,32,35,38,40-55H2,1-5H3/b10-8-,16-14-,22-20-,25-24-,28-27-,31-30-,34-33-,36-21-,39-37-. The first-order valence-corrected chi connectivity index (χ1v) is 27.0. The molecule has 0 radical (unpaired) electrons. The zero-order valence-corrected chi connectivity index (χ0v) is 44.4. The van der Waals surface area contributed by atoms with Crippen LogP contribution in [0.1, 0.15) is 194 Å². The molecule has 2 unspecified atom stereocenters. The predicted octanol–water partition coefficient (Wildman–Crippen LogP) is 14.2. The van der Waals surface area contributed by atoms with Crippen LogP contribution < -0.4 is 5.11 Å². The van der Waals surface area contributed by atoms with Crippen LogP contribution in [0.3, 0.4) is 0 Å². The molecule has 0 aromatic heterocycles. The Labute approximate surface area is 422 Å². The number of hydrogen-bond acceptors (Lipinski definition) is 8. The molecule has 9 heteroatoms. The molecule has 0 saturated heterocycles. The molecule has 69 heavy (non-hydrogen) atoms. The fourth-order valence-corrected chi connectivity index (χ4v) is 6.84. The van der Waals surface area contributed by atoms with E-state index in [0.717, 1.165) is 116 Å². The number of esters is 2. The average Bonchev–Trinajstić information content (AvgIpc) is 3.31. The van der Waals surface area contributed by atoms with Crippen LogP contribution in [0.5, 0.6) is 0 Å². The van der Waals surface area contributed by atoms with Crippen molar-refractivity contribution in [3.63, 3.8) is 0 Å². The minimum absolute atomic E-state index is 0.135. The second kappa shape index (κ2) is 50.3. The van der Waals surface area contributed by atoms with Crippen molar-refractivity contribution in [1.82, 2.24) is 0 Å². The summed E-state index contributed by atoms with van der Waals surface area (Å²) in [4.78, 5) is 37.2. The summed E-state index contributed by atoms with van der Waals surface area (Å²) in [5, 5.41) is 11.7. The molecule has 9 nitrogen and oxygen atoms in total. The van der Waals surface area contributed by atoms with Gasteiger partial charge in [-0.25, -0.2) is 0 Å². The van der Waals surface area contributed by atoms with Crippen LogP contribution in [0.2, 0.25) is 0 Å². The zero-order valence-electron chi connectivity index (χ0n) is 44.4. The van der Waals surface area contributed by atoms with E-state index >= 15 is 0 Å². The number of hydrogen-bond donors (Lipinski definition) is 0. The number of rotatable bonds is 48. The Morgan fingerprint density at radius 2 is 0.826 bits per heavy atom. The largest absolute Gasteiger partial charge is 0.545 e. The quantitative estimate of drug-likeness (QED) is 0.0195. The van der Waals surface area contributed by atoms with Crippen LogP contribution in [-0.2, 0) is 33.3 Å². The Balaban J connectivity index is 4.39. The van der Waals surface area contributed by atoms with E-state index in [0.29, 0.717) is 17.4 Å². The number of carbonyl (C=O) groups is 3. The van der Waals surface area contributed by atoms with Gasteiger partial charge in [0.25, 0.3) is 0 Å². The molecule has 0 N–H and O–H groups in total. The van der Waals surface area contributed by atoms with E-state index in [1.54, 1.807) is 0 Å². The lowest BCUT2D eigenvalue weighted by Crippen LogP contribution is -2.44. The second-order valence-corrected chi connectivity index (χ2v) is 18.8. The summed E-state index contributed by atoms with van der Waals surface area (Å²) < 4.78 is 22.6. The highest BCUT2D eigenvalue weighted by Gasteiger charge is 2.21. The van der Waals surface area contributed by atoms with Crippen molar-refractivity contribution in [3.05, 3.63) is 109 Å². The Hall–Kier alpha value is -4.05. The number of allylic oxidation sites excluding steroid dienone is 18. The van der Waals surface area contributed by atoms with Gasteiger partial charge in [-0.05, 0) is 103 Å². The van der Waals surface area contributed by atoms with E-state index in [1.165, 1.54) is 44.9 Å². The maximum Gasteiger partial charge on any atom is 0.306 e. The number of quaternary nitrogens is 1. The number of nitrogens with zero attached hydrogens (tertiary/aromatic N) is 1. The molecule has 0 spiro atoms. The van der Waals surface area contributed by atoms with Crippen molar-refractivity contribution in [1.29, 1.82) is 0 Å². The maximum atomic E-state index is 12.8. The number of likely N-dealkylation sites (N-methyl/N-ethyl adjacent to an activating group) is 1. The smallest absolute Gasteiger partial charge is 0.306 e. The van der Waals surface area contributed by atoms with E-state index in [9.17, 15) is 19.5 Å². The van der Waals surface area contributed by atoms with Crippen molar-refractivity contribution in [2.45, 2.75) is 206 Å². The molecule has 0 bridgehead atoms. The SMILES string of the molecule is CC/C=C\C/C=C\C/C=C\C/C=C\C/C=C\C/C=C\C/C=C\C/C=C\CCCCCCC(=O)OC(COC(=O)CCCCCCC/C=C\CCCCCCCC)COC(OCC[N+](C)(C)C)C(=O)[O-]. The topological polar surface area (TPSA) is 111 Å². The van der Waals surface area contributed by atoms with Gasteiger partial charge in [-0.15, -0.1) is 0 Å². The van der Waals surface area contributed by atoms with Gasteiger partial charge in [0.2, 0.25) is 0 Å². The molecule has 2 atom stereocenters. The van der Waals surface area contributed by atoms with Crippen molar-refractivity contribution < 1.29 is 42.9 Å². The van der Waals surface area contributed by atoms with Crippen molar-refractivity contribution in [2.24, 2.45) is 0 Å². The van der Waals surface area contributed by atoms with E-state index in [-0.39, 0.29) is 38.6 Å². The zero-order chi connectivity index (χ0) is 50.6. The van der Waals surface area contributed by atoms with Gasteiger partial charge < -0.3 is 33.3 Å². The molecule has 0 heterocycles. The minimum Gasteiger partial charge on any atom is -0.545 e. The average molecular weight is 962 g/mol. The number of aliphatic carboxylic acids is 1. The predicted molar refractivity (Wildman–Crippen MR) is 287 cm³/mol. The Bertz CT molecular complexity index is 1490. The molecule has 0 amide bonds. The van der Waals surface area contributed by atoms with Crippen LogP contribution in [0.15, 0.2) is 109 Å². The van der Waals surface area contributed by atoms with Crippen LogP contribution in [0, 0.1) is 0 Å². The minimum atomic E-state index is -1.64. The highest BCUT2D eigenvalue weighted by atomic mass is 16.7. The van der Waals surface area contributed by atoms with Crippen LogP contribution in [-0.4, -0.2) is 82.3 Å². The second-order valence-electron chi connectivity index (χ2n) is 18.8. The van der Waals surface area contributed by atoms with E-state index in [4.69, 9.17) is 18.9 Å². The Morgan fingerprint density at radius 3 is 1.25 bits per heavy atom. The summed E-state index contributed by atoms with van der Waals surface area (Å²) in [7, 11) is 5.89. The van der Waals surface area contributed by atoms with Gasteiger partial charge >= 0.3 is 11.9 Å². The molecule has 0 rings (SSSR count). The molecule has 0 aliphatic rings. The monoisotopic (exact) mass is 962 g/mol. The first-order chi connectivity index (χ1) is 33.6. The summed E-state index contributed by atoms with van der Waals surface area (Å²) in [6.07, 6.45) is 65.5. The van der Waals surface area contributed by atoms with E-state index in [1.807, 2.05) is 21.1 Å². The Morgan fingerprint density at radius 1 is 0.449 bits per heavy atom. The number of ether oxygens (including phenoxy) is 4. The summed E-state index contributed by atoms with van der Waals surface area (Å²) >= 11 is 0. The molecular formula is C60H99NO8. The lowest BCUT2D eigenvalue weighted by Gasteiger charge is -2.26. The van der Waals surface area contributed by atoms with Gasteiger partial charge in [0, 0.05) is 12.8 Å². The first-order valence-electron chi connectivity index (χ1n) is 27.0. The first kappa shape index (κ1) is 65.0. The Kier molecular flexibility index (Phi) is 47.4. The third kappa shape index (κ3) is 51.6. The highest BCUT2D eigenvalue weighted by molar-refractivity contribution is 5.70. The normalized spacial score (nSPS) is 13.7. The van der Waals surface area contributed by atoms with Gasteiger partial charge in [-0.2, -0.15) is 0 Å². The van der Waals surface area contributed by atoms with Gasteiger partial charge in [-0.1, -0.05) is 187 Å². The highest BCUT2D eigenvalue weighted by Crippen LogP contribution is 2.13. The fraction of sp³-hybridized carbons (Fsp3) is 0.650. The molecular weight excluding hydrogens is 863 g/mol. The summed E-state index contributed by atoms with van der Waals surface area (Å²) in [6, 6.07) is 0. The van der Waals surface area contributed by atoms with Crippen LogP contribution >= 0.6 is 0 Å². The van der Waals surface area contributed by atoms with Crippen LogP contribution in [0.25, 0.3) is 0 Å². The van der Waals surface area contributed by atoms with Crippen molar-refractivity contribution in [2.75, 3.05) is 47.5 Å². The van der Waals surface area contributed by atoms with Crippen LogP contribution in [0.4, 0.5) is 0 Å². The van der Waals surface area contributed by atoms with Crippen molar-refractivity contribution in [3.8, 4) is 0 Å². The molecule has 0 aromatic carbocycles. The van der Waals surface area contributed by atoms with Gasteiger partial charge in [0.15, 0.2) is 12.4 Å². The third-order valence-corrected chi connectivity index (χ3v) is 11.0. The fourth-order valence-electron chi connectivity index (χ4n) is 6.84. The lowest BCUT2D eigenvalue weighted by molar-refractivity contribution is -0.870. The number of carboxylic acids is 1. The van der Waals surface area contributed by atoms with Gasteiger partial charge in [0.05, 0.1) is 40.3 Å². The van der Waals surface area contributed by atoms with Crippen molar-refractivity contribution >= 4 is 17.9 Å². The summed E-state index contributed by atoms with van der Waals surface area (Å²) in [5.74, 6) is -2.34. The summed E-state index contributed by atoms with van der Waals surface area (Å²) in [5.41, 5.74) is 0. The number of carboxylic acid groups (broad SMARTS) is 1. The van der Waals surface area contributed by atoms with E-state index < -0.39 is 24.3 Å².